The Morgan fingerprint density at radius 2 is 1.92 bits per heavy atom. The van der Waals surface area contributed by atoms with Gasteiger partial charge in [-0.2, -0.15) is 0 Å². The number of nitrogens with two attached hydrogens (primary N) is 2. The van der Waals surface area contributed by atoms with Crippen LogP contribution in [0.15, 0.2) is 45.7 Å². The fraction of sp³-hybridized carbons (Fsp3) is 0.235. The molecule has 5 nitrogen and oxygen atoms in total. The number of hydrogen-bond acceptors (Lipinski definition) is 2. The second-order valence-corrected chi connectivity index (χ2v) is 8.03. The lowest BCUT2D eigenvalue weighted by Gasteiger charge is -2.33. The van der Waals surface area contributed by atoms with Gasteiger partial charge >= 0.3 is 0 Å². The summed E-state index contributed by atoms with van der Waals surface area (Å²) >= 11 is 12.6. The van der Waals surface area contributed by atoms with Crippen molar-refractivity contribution in [2.24, 2.45) is 15.9 Å². The molecule has 2 unspecified atom stereocenters. The van der Waals surface area contributed by atoms with Gasteiger partial charge in [-0.1, -0.05) is 35.3 Å². The van der Waals surface area contributed by atoms with Gasteiger partial charge in [-0.25, -0.2) is 4.21 Å². The van der Waals surface area contributed by atoms with E-state index in [4.69, 9.17) is 34.7 Å². The Kier molecular flexibility index (Phi) is 5.34. The lowest BCUT2D eigenvalue weighted by Crippen LogP contribution is -2.31. The summed E-state index contributed by atoms with van der Waals surface area (Å²) in [6, 6.07) is 11.2. The number of guanidine groups is 1. The van der Waals surface area contributed by atoms with E-state index < -0.39 is 11.0 Å². The first-order valence-electron chi connectivity index (χ1n) is 7.63. The van der Waals surface area contributed by atoms with Crippen LogP contribution < -0.4 is 11.5 Å². The molecule has 1 aliphatic heterocycles. The van der Waals surface area contributed by atoms with Gasteiger partial charge in [0.25, 0.3) is 0 Å². The molecule has 0 radical (unpaired) electrons. The van der Waals surface area contributed by atoms with Crippen LogP contribution >= 0.6 is 23.2 Å². The molecule has 132 valence electrons. The summed E-state index contributed by atoms with van der Waals surface area (Å²) in [5, 5.41) is 1.31. The summed E-state index contributed by atoms with van der Waals surface area (Å²) in [7, 11) is 0.458. The van der Waals surface area contributed by atoms with Gasteiger partial charge in [0.2, 0.25) is 5.96 Å². The van der Waals surface area contributed by atoms with E-state index in [0.717, 1.165) is 29.8 Å². The third kappa shape index (κ3) is 3.98. The average molecular weight is 397 g/mol. The number of nitrogens with zero attached hydrogens (tertiary/aromatic N) is 2. The summed E-state index contributed by atoms with van der Waals surface area (Å²) < 4.78 is 15.7. The van der Waals surface area contributed by atoms with Crippen molar-refractivity contribution in [3.05, 3.63) is 63.1 Å². The number of fused-ring (bicyclic) bond motifs is 1. The minimum atomic E-state index is -1.60. The van der Waals surface area contributed by atoms with Crippen molar-refractivity contribution < 1.29 is 4.21 Å². The van der Waals surface area contributed by atoms with Crippen molar-refractivity contribution >= 4 is 40.1 Å². The maximum absolute atomic E-state index is 12.0. The monoisotopic (exact) mass is 396 g/mol. The van der Waals surface area contributed by atoms with E-state index in [9.17, 15) is 4.21 Å². The van der Waals surface area contributed by atoms with Crippen molar-refractivity contribution in [3.8, 4) is 0 Å². The molecule has 3 rings (SSSR count). The number of benzene rings is 2. The summed E-state index contributed by atoms with van der Waals surface area (Å²) in [4.78, 5) is 2.77. The minimum Gasteiger partial charge on any atom is -0.369 e. The maximum atomic E-state index is 12.0. The third-order valence-electron chi connectivity index (χ3n) is 4.16. The molecular formula is C17H18Cl2N4OS. The summed E-state index contributed by atoms with van der Waals surface area (Å²) in [5.74, 6) is -0.0648. The molecule has 2 aromatic rings. The van der Waals surface area contributed by atoms with Gasteiger partial charge in [0.05, 0.1) is 4.90 Å². The molecule has 0 amide bonds. The lowest BCUT2D eigenvalue weighted by atomic mass is 9.85. The Morgan fingerprint density at radius 1 is 1.24 bits per heavy atom. The zero-order valence-electron chi connectivity index (χ0n) is 13.6. The smallest absolute Gasteiger partial charge is 0.200 e. The minimum absolute atomic E-state index is 0.135. The van der Waals surface area contributed by atoms with Crippen molar-refractivity contribution in [2.75, 3.05) is 13.6 Å². The highest BCUT2D eigenvalue weighted by Crippen LogP contribution is 2.38. The van der Waals surface area contributed by atoms with E-state index in [1.165, 1.54) is 0 Å². The van der Waals surface area contributed by atoms with E-state index in [1.807, 2.05) is 18.2 Å². The normalized spacial score (nSPS) is 18.4. The van der Waals surface area contributed by atoms with Crippen molar-refractivity contribution in [1.82, 2.24) is 4.90 Å². The largest absolute Gasteiger partial charge is 0.369 e. The number of rotatable bonds is 3. The molecule has 2 aromatic carbocycles. The fourth-order valence-corrected chi connectivity index (χ4v) is 4.33. The zero-order valence-corrected chi connectivity index (χ0v) is 15.9. The molecule has 0 bridgehead atoms. The van der Waals surface area contributed by atoms with Gasteiger partial charge in [0.1, 0.15) is 0 Å². The van der Waals surface area contributed by atoms with Gasteiger partial charge in [-0.3, -0.25) is 0 Å². The molecule has 8 heteroatoms. The summed E-state index contributed by atoms with van der Waals surface area (Å²) in [6.07, 6.45) is 0. The van der Waals surface area contributed by atoms with E-state index in [-0.39, 0.29) is 11.9 Å². The summed E-state index contributed by atoms with van der Waals surface area (Å²) in [6.45, 7) is 1.63. The SMILES string of the molecule is CN1Cc2c(Cl)cc(Cl)cc2C(c2ccc(S(=O)N=C(N)N)cc2)C1. The van der Waals surface area contributed by atoms with Crippen LogP contribution in [0.1, 0.15) is 22.6 Å². The van der Waals surface area contributed by atoms with Crippen LogP contribution in [0.4, 0.5) is 0 Å². The number of hydrogen-bond donors (Lipinski definition) is 2. The Bertz CT molecular complexity index is 850. The van der Waals surface area contributed by atoms with Crippen molar-refractivity contribution in [1.29, 1.82) is 0 Å². The number of halogens is 2. The molecule has 1 aliphatic rings. The molecule has 0 fully saturated rings. The summed E-state index contributed by atoms with van der Waals surface area (Å²) in [5.41, 5.74) is 13.9. The molecule has 25 heavy (non-hydrogen) atoms. The van der Waals surface area contributed by atoms with Crippen molar-refractivity contribution in [3.63, 3.8) is 0 Å². The van der Waals surface area contributed by atoms with Gasteiger partial charge in [0.15, 0.2) is 11.0 Å². The number of likely N-dealkylation sites (N-methyl/N-ethyl adjacent to an activating group) is 1. The Balaban J connectivity index is 1.98. The fourth-order valence-electron chi connectivity index (χ4n) is 3.10. The molecule has 1 heterocycles. The van der Waals surface area contributed by atoms with E-state index in [2.05, 4.69) is 16.3 Å². The van der Waals surface area contributed by atoms with Crippen LogP contribution in [0.5, 0.6) is 0 Å². The Labute approximate surface area is 159 Å². The highest BCUT2D eigenvalue weighted by molar-refractivity contribution is 7.83. The van der Waals surface area contributed by atoms with Crippen LogP contribution in [0.3, 0.4) is 0 Å². The second-order valence-electron chi connectivity index (χ2n) is 6.04. The third-order valence-corrected chi connectivity index (χ3v) is 5.77. The highest BCUT2D eigenvalue weighted by atomic mass is 35.5. The molecule has 4 N–H and O–H groups in total. The van der Waals surface area contributed by atoms with Crippen LogP contribution in [-0.2, 0) is 17.5 Å². The second kappa shape index (κ2) is 7.33. The molecule has 0 spiro atoms. The van der Waals surface area contributed by atoms with Gasteiger partial charge in [-0.15, -0.1) is 4.40 Å². The quantitative estimate of drug-likeness (QED) is 0.616. The van der Waals surface area contributed by atoms with Crippen LogP contribution in [0.2, 0.25) is 10.0 Å². The predicted octanol–water partition coefficient (Wildman–Crippen LogP) is 2.87. The molecule has 0 aromatic heterocycles. The van der Waals surface area contributed by atoms with Gasteiger partial charge < -0.3 is 16.4 Å². The molecule has 0 saturated carbocycles. The zero-order chi connectivity index (χ0) is 18.1. The topological polar surface area (TPSA) is 84.7 Å². The molecule has 0 aliphatic carbocycles. The first-order chi connectivity index (χ1) is 11.8. The van der Waals surface area contributed by atoms with E-state index >= 15 is 0 Å². The van der Waals surface area contributed by atoms with Crippen LogP contribution in [0, 0.1) is 0 Å². The first-order valence-corrected chi connectivity index (χ1v) is 9.49. The lowest BCUT2D eigenvalue weighted by molar-refractivity contribution is 0.295. The molecule has 2 atom stereocenters. The predicted molar refractivity (Wildman–Crippen MR) is 103 cm³/mol. The Hall–Kier alpha value is -1.60. The van der Waals surface area contributed by atoms with Gasteiger partial charge in [0, 0.05) is 29.1 Å². The maximum Gasteiger partial charge on any atom is 0.200 e. The molecule has 0 saturated heterocycles. The van der Waals surface area contributed by atoms with Crippen LogP contribution in [0.25, 0.3) is 0 Å². The average Bonchev–Trinajstić information content (AvgIpc) is 2.54. The Morgan fingerprint density at radius 3 is 2.56 bits per heavy atom. The van der Waals surface area contributed by atoms with Crippen molar-refractivity contribution in [2.45, 2.75) is 17.4 Å². The standard InChI is InChI=1S/C17H18Cl2N4OS/c1-23-8-14(13-6-11(18)7-16(19)15(13)9-23)10-2-4-12(5-3-10)25(24)22-17(20)21/h2-7,14H,8-9H2,1H3,(H4,20,21,22). The van der Waals surface area contributed by atoms with E-state index in [1.54, 1.807) is 18.2 Å². The first kappa shape index (κ1) is 18.2. The van der Waals surface area contributed by atoms with E-state index in [0.29, 0.717) is 14.9 Å². The van der Waals surface area contributed by atoms with Crippen LogP contribution in [-0.4, -0.2) is 28.7 Å². The van der Waals surface area contributed by atoms with Gasteiger partial charge in [-0.05, 0) is 48.0 Å². The molecular weight excluding hydrogens is 379 g/mol. The highest BCUT2D eigenvalue weighted by Gasteiger charge is 2.27.